The number of hydrogen-bond acceptors (Lipinski definition) is 3. The van der Waals surface area contributed by atoms with Crippen molar-refractivity contribution in [2.75, 3.05) is 19.6 Å². The first-order valence-corrected chi connectivity index (χ1v) is 7.70. The minimum atomic E-state index is -0.758. The summed E-state index contributed by atoms with van der Waals surface area (Å²) in [5.74, 6) is -0.287. The van der Waals surface area contributed by atoms with Gasteiger partial charge in [0.05, 0.1) is 5.41 Å². The van der Waals surface area contributed by atoms with Crippen LogP contribution in [-0.4, -0.2) is 41.5 Å². The minimum Gasteiger partial charge on any atom is -0.481 e. The third kappa shape index (κ3) is 3.95. The summed E-state index contributed by atoms with van der Waals surface area (Å²) >= 11 is 0. The van der Waals surface area contributed by atoms with E-state index >= 15 is 0 Å². The average Bonchev–Trinajstić information content (AvgIpc) is 2.47. The Morgan fingerprint density at radius 2 is 2.00 bits per heavy atom. The molecular formula is C15H28N2O3. The summed E-state index contributed by atoms with van der Waals surface area (Å²) in [4.78, 5) is 25.3. The third-order valence-electron chi connectivity index (χ3n) is 4.77. The lowest BCUT2D eigenvalue weighted by Gasteiger charge is -2.39. The van der Waals surface area contributed by atoms with E-state index in [-0.39, 0.29) is 12.3 Å². The van der Waals surface area contributed by atoms with Gasteiger partial charge in [-0.15, -0.1) is 0 Å². The number of amides is 1. The smallest absolute Gasteiger partial charge is 0.303 e. The molecule has 0 aromatic carbocycles. The molecule has 3 N–H and O–H groups in total. The predicted octanol–water partition coefficient (Wildman–Crippen LogP) is 1.85. The molecule has 1 heterocycles. The summed E-state index contributed by atoms with van der Waals surface area (Å²) < 4.78 is 0. The molecule has 5 heteroatoms. The Balaban J connectivity index is 2.66. The molecule has 1 atom stereocenters. The summed E-state index contributed by atoms with van der Waals surface area (Å²) in [5, 5.41) is 8.77. The summed E-state index contributed by atoms with van der Waals surface area (Å²) in [6, 6.07) is 0. The molecule has 5 nitrogen and oxygen atoms in total. The van der Waals surface area contributed by atoms with Gasteiger partial charge in [-0.3, -0.25) is 9.59 Å². The van der Waals surface area contributed by atoms with E-state index in [9.17, 15) is 9.59 Å². The Hall–Kier alpha value is -1.10. The Morgan fingerprint density at radius 3 is 2.50 bits per heavy atom. The van der Waals surface area contributed by atoms with Crippen LogP contribution in [0.4, 0.5) is 0 Å². The number of piperidine rings is 1. The molecule has 1 aliphatic rings. The summed E-state index contributed by atoms with van der Waals surface area (Å²) in [6.07, 6.45) is 4.35. The zero-order valence-electron chi connectivity index (χ0n) is 12.7. The number of aliphatic carboxylic acids is 1. The van der Waals surface area contributed by atoms with Gasteiger partial charge in [0.15, 0.2) is 0 Å². The standard InChI is InChI=1S/C15H28N2O3/c1-3-15(4-2,11-16)14(20)17-9-5-6-12(10-17)7-8-13(18)19/h12H,3-11,16H2,1-2H3,(H,18,19). The van der Waals surface area contributed by atoms with Gasteiger partial charge in [-0.1, -0.05) is 13.8 Å². The Bertz CT molecular complexity index is 332. The second-order valence-corrected chi connectivity index (χ2v) is 5.88. The van der Waals surface area contributed by atoms with Crippen LogP contribution >= 0.6 is 0 Å². The highest BCUT2D eigenvalue weighted by molar-refractivity contribution is 5.83. The van der Waals surface area contributed by atoms with Crippen LogP contribution in [0, 0.1) is 11.3 Å². The molecule has 0 radical (unpaired) electrons. The fourth-order valence-corrected chi connectivity index (χ4v) is 3.08. The van der Waals surface area contributed by atoms with Gasteiger partial charge in [-0.2, -0.15) is 0 Å². The number of carbonyl (C=O) groups excluding carboxylic acids is 1. The van der Waals surface area contributed by atoms with Crippen LogP contribution in [0.5, 0.6) is 0 Å². The maximum absolute atomic E-state index is 12.7. The zero-order chi connectivity index (χ0) is 15.2. The van der Waals surface area contributed by atoms with Crippen LogP contribution in [0.2, 0.25) is 0 Å². The van der Waals surface area contributed by atoms with Gasteiger partial charge in [0.1, 0.15) is 0 Å². The van der Waals surface area contributed by atoms with E-state index in [0.29, 0.717) is 25.4 Å². The van der Waals surface area contributed by atoms with Crippen LogP contribution in [0.3, 0.4) is 0 Å². The molecule has 1 rings (SSSR count). The van der Waals surface area contributed by atoms with Gasteiger partial charge in [0.25, 0.3) is 0 Å². The monoisotopic (exact) mass is 284 g/mol. The molecule has 0 aromatic heterocycles. The number of carboxylic acid groups (broad SMARTS) is 1. The molecule has 1 amide bonds. The van der Waals surface area contributed by atoms with E-state index in [4.69, 9.17) is 10.8 Å². The van der Waals surface area contributed by atoms with Crippen molar-refractivity contribution in [2.45, 2.75) is 52.4 Å². The summed E-state index contributed by atoms with van der Waals surface area (Å²) in [6.45, 7) is 5.88. The Morgan fingerprint density at radius 1 is 1.35 bits per heavy atom. The Labute approximate surface area is 121 Å². The SMILES string of the molecule is CCC(CC)(CN)C(=O)N1CCCC(CCC(=O)O)C1. The van der Waals surface area contributed by atoms with E-state index in [0.717, 1.165) is 32.2 Å². The lowest BCUT2D eigenvalue weighted by Crippen LogP contribution is -2.50. The molecule has 0 bridgehead atoms. The number of hydrogen-bond donors (Lipinski definition) is 2. The van der Waals surface area contributed by atoms with E-state index in [1.54, 1.807) is 0 Å². The Kier molecular flexibility index (Phi) is 6.46. The van der Waals surface area contributed by atoms with Crippen LogP contribution in [0.25, 0.3) is 0 Å². The first-order valence-electron chi connectivity index (χ1n) is 7.70. The zero-order valence-corrected chi connectivity index (χ0v) is 12.7. The number of nitrogens with two attached hydrogens (primary N) is 1. The van der Waals surface area contributed by atoms with Crippen molar-refractivity contribution in [2.24, 2.45) is 17.1 Å². The average molecular weight is 284 g/mol. The first kappa shape index (κ1) is 17.0. The molecule has 20 heavy (non-hydrogen) atoms. The molecule has 0 aromatic rings. The van der Waals surface area contributed by atoms with Gasteiger partial charge >= 0.3 is 5.97 Å². The van der Waals surface area contributed by atoms with E-state index < -0.39 is 11.4 Å². The van der Waals surface area contributed by atoms with E-state index in [2.05, 4.69) is 0 Å². The molecule has 116 valence electrons. The summed E-state index contributed by atoms with van der Waals surface area (Å²) in [7, 11) is 0. The highest BCUT2D eigenvalue weighted by Crippen LogP contribution is 2.31. The van der Waals surface area contributed by atoms with Crippen LogP contribution in [0.1, 0.15) is 52.4 Å². The number of rotatable bonds is 7. The second kappa shape index (κ2) is 7.62. The van der Waals surface area contributed by atoms with Gasteiger partial charge in [0, 0.05) is 26.1 Å². The molecule has 0 aliphatic carbocycles. The van der Waals surface area contributed by atoms with Crippen LogP contribution in [0.15, 0.2) is 0 Å². The highest BCUT2D eigenvalue weighted by Gasteiger charge is 2.38. The molecule has 0 spiro atoms. The number of carboxylic acids is 1. The van der Waals surface area contributed by atoms with Crippen LogP contribution in [-0.2, 0) is 9.59 Å². The van der Waals surface area contributed by atoms with E-state index in [1.807, 2.05) is 18.7 Å². The van der Waals surface area contributed by atoms with Crippen LogP contribution < -0.4 is 5.73 Å². The lowest BCUT2D eigenvalue weighted by molar-refractivity contribution is -0.144. The lowest BCUT2D eigenvalue weighted by atomic mass is 9.80. The second-order valence-electron chi connectivity index (χ2n) is 5.88. The quantitative estimate of drug-likeness (QED) is 0.747. The fraction of sp³-hybridized carbons (Fsp3) is 0.867. The highest BCUT2D eigenvalue weighted by atomic mass is 16.4. The number of likely N-dealkylation sites (tertiary alicyclic amines) is 1. The topological polar surface area (TPSA) is 83.6 Å². The van der Waals surface area contributed by atoms with Gasteiger partial charge < -0.3 is 15.7 Å². The summed E-state index contributed by atoms with van der Waals surface area (Å²) in [5.41, 5.74) is 5.41. The van der Waals surface area contributed by atoms with Crippen molar-refractivity contribution in [3.8, 4) is 0 Å². The van der Waals surface area contributed by atoms with Crippen molar-refractivity contribution in [1.29, 1.82) is 0 Å². The fourth-order valence-electron chi connectivity index (χ4n) is 3.08. The van der Waals surface area contributed by atoms with Gasteiger partial charge in [0.2, 0.25) is 5.91 Å². The molecule has 1 fully saturated rings. The largest absolute Gasteiger partial charge is 0.481 e. The van der Waals surface area contributed by atoms with Crippen molar-refractivity contribution in [1.82, 2.24) is 4.90 Å². The maximum Gasteiger partial charge on any atom is 0.303 e. The van der Waals surface area contributed by atoms with Gasteiger partial charge in [-0.05, 0) is 38.0 Å². The van der Waals surface area contributed by atoms with Gasteiger partial charge in [-0.25, -0.2) is 0 Å². The number of carbonyl (C=O) groups is 2. The van der Waals surface area contributed by atoms with Crippen molar-refractivity contribution < 1.29 is 14.7 Å². The molecule has 1 unspecified atom stereocenters. The maximum atomic E-state index is 12.7. The molecular weight excluding hydrogens is 256 g/mol. The minimum absolute atomic E-state index is 0.157. The van der Waals surface area contributed by atoms with Crippen molar-refractivity contribution in [3.63, 3.8) is 0 Å². The molecule has 1 saturated heterocycles. The predicted molar refractivity (Wildman–Crippen MR) is 78.2 cm³/mol. The molecule has 1 aliphatic heterocycles. The normalized spacial score (nSPS) is 19.9. The third-order valence-corrected chi connectivity index (χ3v) is 4.77. The first-order chi connectivity index (χ1) is 9.49. The van der Waals surface area contributed by atoms with Crippen molar-refractivity contribution >= 4 is 11.9 Å². The van der Waals surface area contributed by atoms with Crippen molar-refractivity contribution in [3.05, 3.63) is 0 Å². The number of nitrogens with zero attached hydrogens (tertiary/aromatic N) is 1. The molecule has 0 saturated carbocycles. The van der Waals surface area contributed by atoms with E-state index in [1.165, 1.54) is 0 Å².